The molecule has 0 aliphatic rings. The normalized spacial score (nSPS) is 11.7. The fraction of sp³-hybridized carbons (Fsp3) is 0.130. The number of rotatable bonds is 7. The first-order valence-electron chi connectivity index (χ1n) is 9.42. The maximum Gasteiger partial charge on any atom is 0.266 e. The summed E-state index contributed by atoms with van der Waals surface area (Å²) >= 11 is 0. The van der Waals surface area contributed by atoms with Crippen LogP contribution in [0.2, 0.25) is 0 Å². The Bertz CT molecular complexity index is 1250. The lowest BCUT2D eigenvalue weighted by Gasteiger charge is -2.05. The number of amides is 1. The molecule has 1 aromatic heterocycles. The maximum atomic E-state index is 12.4. The molecule has 7 nitrogen and oxygen atoms in total. The third-order valence-electron chi connectivity index (χ3n) is 4.41. The molecule has 3 aromatic rings. The molecule has 2 N–H and O–H groups in total. The number of nitrogens with one attached hydrogen (secondary N) is 2. The minimum absolute atomic E-state index is 0.0680. The average Bonchev–Trinajstić information content (AvgIpc) is 3.20. The number of furan rings is 1. The monoisotopic (exact) mass is 435 g/mol. The summed E-state index contributed by atoms with van der Waals surface area (Å²) in [6.45, 7) is 3.74. The number of aryl methyl sites for hydroxylation is 2. The standard InChI is InChI=1S/C23H21N3O4S/c1-16-3-7-19(8-4-16)26-23(27)18(14-24)13-20-9-10-21(30-20)15-25-31(28,29)22-11-5-17(2)6-12-22/h3-13,25H,15H2,1-2H3,(H,26,27)/b18-13-. The molecule has 158 valence electrons. The number of carbonyl (C=O) groups is 1. The second kappa shape index (κ2) is 9.43. The topological polar surface area (TPSA) is 112 Å². The van der Waals surface area contributed by atoms with Gasteiger partial charge in [-0.1, -0.05) is 35.4 Å². The molecule has 0 unspecified atom stereocenters. The molecule has 0 fully saturated rings. The van der Waals surface area contributed by atoms with Crippen LogP contribution in [0.15, 0.2) is 75.5 Å². The lowest BCUT2D eigenvalue weighted by molar-refractivity contribution is -0.112. The zero-order chi connectivity index (χ0) is 22.4. The van der Waals surface area contributed by atoms with Crippen LogP contribution in [-0.2, 0) is 21.4 Å². The summed E-state index contributed by atoms with van der Waals surface area (Å²) in [6.07, 6.45) is 1.31. The predicted molar refractivity (Wildman–Crippen MR) is 117 cm³/mol. The van der Waals surface area contributed by atoms with E-state index in [1.54, 1.807) is 36.4 Å². The number of carbonyl (C=O) groups excluding carboxylic acids is 1. The quantitative estimate of drug-likeness (QED) is 0.431. The van der Waals surface area contributed by atoms with E-state index in [4.69, 9.17) is 4.42 Å². The van der Waals surface area contributed by atoms with Gasteiger partial charge in [-0.2, -0.15) is 5.26 Å². The number of hydrogen-bond acceptors (Lipinski definition) is 5. The van der Waals surface area contributed by atoms with Gasteiger partial charge in [0, 0.05) is 11.8 Å². The Morgan fingerprint density at radius 2 is 1.61 bits per heavy atom. The van der Waals surface area contributed by atoms with Crippen LogP contribution in [0.25, 0.3) is 6.08 Å². The molecule has 0 saturated heterocycles. The Hall–Kier alpha value is -3.67. The highest BCUT2D eigenvalue weighted by molar-refractivity contribution is 7.89. The highest BCUT2D eigenvalue weighted by Crippen LogP contribution is 2.16. The van der Waals surface area contributed by atoms with Crippen LogP contribution in [-0.4, -0.2) is 14.3 Å². The van der Waals surface area contributed by atoms with Crippen LogP contribution >= 0.6 is 0 Å². The van der Waals surface area contributed by atoms with E-state index in [9.17, 15) is 18.5 Å². The minimum Gasteiger partial charge on any atom is -0.460 e. The second-order valence-corrected chi connectivity index (χ2v) is 8.70. The molecule has 1 heterocycles. The van der Waals surface area contributed by atoms with Gasteiger partial charge in [0.25, 0.3) is 5.91 Å². The van der Waals surface area contributed by atoms with E-state index in [2.05, 4.69) is 10.0 Å². The first kappa shape index (κ1) is 22.0. The van der Waals surface area contributed by atoms with Gasteiger partial charge in [0.15, 0.2) is 0 Å². The van der Waals surface area contributed by atoms with E-state index >= 15 is 0 Å². The van der Waals surface area contributed by atoms with Gasteiger partial charge in [-0.05, 0) is 50.2 Å². The van der Waals surface area contributed by atoms with Crippen molar-refractivity contribution >= 4 is 27.7 Å². The van der Waals surface area contributed by atoms with Gasteiger partial charge in [-0.25, -0.2) is 13.1 Å². The molecule has 0 atom stereocenters. The largest absolute Gasteiger partial charge is 0.460 e. The van der Waals surface area contributed by atoms with Gasteiger partial charge >= 0.3 is 0 Å². The molecule has 2 aromatic carbocycles. The molecular formula is C23H21N3O4S. The summed E-state index contributed by atoms with van der Waals surface area (Å²) in [5.74, 6) is 0.0442. The average molecular weight is 436 g/mol. The van der Waals surface area contributed by atoms with E-state index in [0.717, 1.165) is 11.1 Å². The molecule has 0 radical (unpaired) electrons. The Morgan fingerprint density at radius 1 is 1.00 bits per heavy atom. The number of sulfonamides is 1. The van der Waals surface area contributed by atoms with E-state index < -0.39 is 15.9 Å². The van der Waals surface area contributed by atoms with Gasteiger partial charge in [0.05, 0.1) is 11.4 Å². The Balaban J connectivity index is 1.66. The zero-order valence-corrected chi connectivity index (χ0v) is 17.9. The third-order valence-corrected chi connectivity index (χ3v) is 5.83. The Kier molecular flexibility index (Phi) is 6.70. The van der Waals surface area contributed by atoms with Crippen LogP contribution in [0.4, 0.5) is 5.69 Å². The number of nitrogens with zero attached hydrogens (tertiary/aromatic N) is 1. The van der Waals surface area contributed by atoms with Crippen molar-refractivity contribution in [3.05, 3.63) is 88.9 Å². The smallest absolute Gasteiger partial charge is 0.266 e. The summed E-state index contributed by atoms with van der Waals surface area (Å²) in [7, 11) is -3.69. The molecule has 8 heteroatoms. The van der Waals surface area contributed by atoms with Gasteiger partial charge in [0.1, 0.15) is 23.2 Å². The second-order valence-electron chi connectivity index (χ2n) is 6.93. The van der Waals surface area contributed by atoms with Gasteiger partial charge in [-0.3, -0.25) is 4.79 Å². The zero-order valence-electron chi connectivity index (χ0n) is 17.0. The van der Waals surface area contributed by atoms with Crippen molar-refractivity contribution in [2.75, 3.05) is 5.32 Å². The molecular weight excluding hydrogens is 414 g/mol. The van der Waals surface area contributed by atoms with Crippen LogP contribution < -0.4 is 10.0 Å². The summed E-state index contributed by atoms with van der Waals surface area (Å²) in [4.78, 5) is 12.5. The molecule has 1 amide bonds. The van der Waals surface area contributed by atoms with Gasteiger partial charge in [0.2, 0.25) is 10.0 Å². The molecule has 31 heavy (non-hydrogen) atoms. The molecule has 0 aliphatic carbocycles. The maximum absolute atomic E-state index is 12.4. The number of hydrogen-bond donors (Lipinski definition) is 2. The van der Waals surface area contributed by atoms with Crippen molar-refractivity contribution in [3.8, 4) is 6.07 Å². The van der Waals surface area contributed by atoms with Crippen LogP contribution in [0.5, 0.6) is 0 Å². The molecule has 0 saturated carbocycles. The summed E-state index contributed by atoms with van der Waals surface area (Å²) in [5, 5.41) is 12.0. The van der Waals surface area contributed by atoms with Gasteiger partial charge in [-0.15, -0.1) is 0 Å². The number of nitriles is 1. The first-order chi connectivity index (χ1) is 14.8. The predicted octanol–water partition coefficient (Wildman–Crippen LogP) is 3.92. The van der Waals surface area contributed by atoms with Crippen molar-refractivity contribution in [1.29, 1.82) is 5.26 Å². The SMILES string of the molecule is Cc1ccc(NC(=O)/C(C#N)=C\c2ccc(CNS(=O)(=O)c3ccc(C)cc3)o2)cc1. The van der Waals surface area contributed by atoms with Gasteiger partial charge < -0.3 is 9.73 Å². The van der Waals surface area contributed by atoms with Crippen molar-refractivity contribution in [2.45, 2.75) is 25.3 Å². The van der Waals surface area contributed by atoms with Crippen LogP contribution in [0, 0.1) is 25.2 Å². The molecule has 0 bridgehead atoms. The van der Waals surface area contributed by atoms with Crippen molar-refractivity contribution < 1.29 is 17.6 Å². The number of benzene rings is 2. The van der Waals surface area contributed by atoms with Crippen molar-refractivity contribution in [3.63, 3.8) is 0 Å². The minimum atomic E-state index is -3.69. The Labute approximate surface area is 181 Å². The van der Waals surface area contributed by atoms with Crippen molar-refractivity contribution in [2.24, 2.45) is 0 Å². The summed E-state index contributed by atoms with van der Waals surface area (Å²) in [6, 6.07) is 18.7. The van der Waals surface area contributed by atoms with E-state index in [-0.39, 0.29) is 22.8 Å². The Morgan fingerprint density at radius 3 is 2.23 bits per heavy atom. The fourth-order valence-electron chi connectivity index (χ4n) is 2.66. The highest BCUT2D eigenvalue weighted by atomic mass is 32.2. The molecule has 0 aliphatic heterocycles. The van der Waals surface area contributed by atoms with E-state index in [1.807, 2.05) is 32.0 Å². The van der Waals surface area contributed by atoms with Crippen LogP contribution in [0.3, 0.4) is 0 Å². The highest BCUT2D eigenvalue weighted by Gasteiger charge is 2.15. The summed E-state index contributed by atoms with van der Waals surface area (Å²) in [5.41, 5.74) is 2.44. The fourth-order valence-corrected chi connectivity index (χ4v) is 3.65. The van der Waals surface area contributed by atoms with E-state index in [0.29, 0.717) is 11.4 Å². The first-order valence-corrected chi connectivity index (χ1v) is 10.9. The lowest BCUT2D eigenvalue weighted by atomic mass is 10.2. The van der Waals surface area contributed by atoms with Crippen molar-refractivity contribution in [1.82, 2.24) is 4.72 Å². The molecule has 3 rings (SSSR count). The third kappa shape index (κ3) is 5.92. The summed E-state index contributed by atoms with van der Waals surface area (Å²) < 4.78 is 32.8. The van der Waals surface area contributed by atoms with Crippen LogP contribution in [0.1, 0.15) is 22.6 Å². The van der Waals surface area contributed by atoms with E-state index in [1.165, 1.54) is 18.2 Å². The molecule has 0 spiro atoms. The number of anilines is 1. The lowest BCUT2D eigenvalue weighted by Crippen LogP contribution is -2.22.